The number of alkyl halides is 3. The molecule has 28 heavy (non-hydrogen) atoms. The molecule has 0 fully saturated rings. The van der Waals surface area contributed by atoms with Crippen LogP contribution in [-0.4, -0.2) is 27.8 Å². The Balaban J connectivity index is 1.63. The summed E-state index contributed by atoms with van der Waals surface area (Å²) < 4.78 is 54.6. The summed E-state index contributed by atoms with van der Waals surface area (Å²) in [4.78, 5) is 4.02. The third-order valence-corrected chi connectivity index (χ3v) is 4.65. The highest BCUT2D eigenvalue weighted by molar-refractivity contribution is 5.79. The topological polar surface area (TPSA) is 67.1 Å². The Morgan fingerprint density at radius 2 is 1.93 bits per heavy atom. The zero-order valence-electron chi connectivity index (χ0n) is 15.5. The van der Waals surface area contributed by atoms with E-state index in [9.17, 15) is 17.6 Å². The van der Waals surface area contributed by atoms with Gasteiger partial charge in [0, 0.05) is 26.6 Å². The van der Waals surface area contributed by atoms with E-state index in [1.165, 1.54) is 7.05 Å². The van der Waals surface area contributed by atoms with Gasteiger partial charge >= 0.3 is 6.18 Å². The summed E-state index contributed by atoms with van der Waals surface area (Å²) in [6.45, 7) is 1.06. The lowest BCUT2D eigenvalue weighted by Crippen LogP contribution is -2.37. The number of rotatable bonds is 4. The number of nitrogens with one attached hydrogen (secondary N) is 2. The van der Waals surface area contributed by atoms with Crippen LogP contribution in [0.5, 0.6) is 0 Å². The SMILES string of the molecule is CN=C(NCc1ccc(F)cc1C(F)(F)F)NCc1nnc2n1CCCCC2. The summed E-state index contributed by atoms with van der Waals surface area (Å²) >= 11 is 0. The molecule has 152 valence electrons. The molecule has 2 heterocycles. The van der Waals surface area contributed by atoms with Crippen LogP contribution in [0.15, 0.2) is 23.2 Å². The largest absolute Gasteiger partial charge is 0.416 e. The van der Waals surface area contributed by atoms with Crippen LogP contribution in [0, 0.1) is 5.82 Å². The fourth-order valence-electron chi connectivity index (χ4n) is 3.21. The molecule has 0 radical (unpaired) electrons. The van der Waals surface area contributed by atoms with E-state index in [4.69, 9.17) is 0 Å². The van der Waals surface area contributed by atoms with Gasteiger partial charge in [-0.3, -0.25) is 4.99 Å². The van der Waals surface area contributed by atoms with Crippen molar-refractivity contribution in [3.8, 4) is 0 Å². The minimum absolute atomic E-state index is 0.0619. The van der Waals surface area contributed by atoms with Gasteiger partial charge < -0.3 is 15.2 Å². The normalized spacial score (nSPS) is 15.1. The monoisotopic (exact) mass is 398 g/mol. The average molecular weight is 398 g/mol. The number of aromatic nitrogens is 3. The van der Waals surface area contributed by atoms with E-state index in [0.717, 1.165) is 56.0 Å². The number of hydrogen-bond donors (Lipinski definition) is 2. The van der Waals surface area contributed by atoms with Crippen molar-refractivity contribution in [2.75, 3.05) is 7.05 Å². The number of halogens is 4. The minimum atomic E-state index is -4.63. The summed E-state index contributed by atoms with van der Waals surface area (Å²) in [5.41, 5.74) is -1.06. The Kier molecular flexibility index (Phi) is 6.15. The maximum absolute atomic E-state index is 13.2. The molecular formula is C18H22F4N6. The van der Waals surface area contributed by atoms with Crippen LogP contribution >= 0.6 is 0 Å². The summed E-state index contributed by atoms with van der Waals surface area (Å²) in [6.07, 6.45) is -0.428. The van der Waals surface area contributed by atoms with Crippen molar-refractivity contribution in [1.82, 2.24) is 25.4 Å². The Labute approximate surface area is 160 Å². The van der Waals surface area contributed by atoms with Crippen LogP contribution in [0.2, 0.25) is 0 Å². The standard InChI is InChI=1S/C18H22F4N6/c1-23-17(24-10-12-6-7-13(19)9-14(12)18(20,21)22)25-11-16-27-26-15-5-3-2-4-8-28(15)16/h6-7,9H,2-5,8,10-11H2,1H3,(H2,23,24,25). The van der Waals surface area contributed by atoms with Crippen LogP contribution in [-0.2, 0) is 32.2 Å². The van der Waals surface area contributed by atoms with Gasteiger partial charge in [0.05, 0.1) is 12.1 Å². The van der Waals surface area contributed by atoms with Gasteiger partial charge in [-0.25, -0.2) is 4.39 Å². The lowest BCUT2D eigenvalue weighted by Gasteiger charge is -2.16. The predicted octanol–water partition coefficient (Wildman–Crippen LogP) is 3.03. The molecule has 0 aliphatic carbocycles. The van der Waals surface area contributed by atoms with Crippen molar-refractivity contribution < 1.29 is 17.6 Å². The van der Waals surface area contributed by atoms with Gasteiger partial charge in [-0.15, -0.1) is 10.2 Å². The summed E-state index contributed by atoms with van der Waals surface area (Å²) in [5.74, 6) is 1.12. The molecule has 3 rings (SSSR count). The molecule has 0 spiro atoms. The second kappa shape index (κ2) is 8.57. The average Bonchev–Trinajstić information content (AvgIpc) is 2.88. The smallest absolute Gasteiger partial charge is 0.352 e. The summed E-state index contributed by atoms with van der Waals surface area (Å²) in [7, 11) is 1.52. The molecule has 0 bridgehead atoms. The maximum atomic E-state index is 13.2. The number of aryl methyl sites for hydroxylation is 1. The molecule has 1 aromatic heterocycles. The molecule has 10 heteroatoms. The first-order valence-electron chi connectivity index (χ1n) is 9.09. The molecule has 1 aliphatic rings. The van der Waals surface area contributed by atoms with Crippen LogP contribution < -0.4 is 10.6 Å². The fraction of sp³-hybridized carbons (Fsp3) is 0.500. The molecule has 1 aliphatic heterocycles. The number of hydrogen-bond acceptors (Lipinski definition) is 3. The zero-order chi connectivity index (χ0) is 20.1. The van der Waals surface area contributed by atoms with Gasteiger partial charge in [0.1, 0.15) is 11.6 Å². The number of fused-ring (bicyclic) bond motifs is 1. The number of benzene rings is 1. The second-order valence-corrected chi connectivity index (χ2v) is 6.57. The van der Waals surface area contributed by atoms with Gasteiger partial charge in [-0.05, 0) is 30.5 Å². The maximum Gasteiger partial charge on any atom is 0.416 e. The van der Waals surface area contributed by atoms with Crippen molar-refractivity contribution in [3.63, 3.8) is 0 Å². The highest BCUT2D eigenvalue weighted by Crippen LogP contribution is 2.32. The highest BCUT2D eigenvalue weighted by Gasteiger charge is 2.33. The van der Waals surface area contributed by atoms with Crippen molar-refractivity contribution in [3.05, 3.63) is 46.8 Å². The van der Waals surface area contributed by atoms with E-state index < -0.39 is 17.6 Å². The molecule has 6 nitrogen and oxygen atoms in total. The Morgan fingerprint density at radius 1 is 1.14 bits per heavy atom. The second-order valence-electron chi connectivity index (χ2n) is 6.57. The van der Waals surface area contributed by atoms with Crippen molar-refractivity contribution in [2.24, 2.45) is 4.99 Å². The van der Waals surface area contributed by atoms with Gasteiger partial charge in [-0.1, -0.05) is 12.5 Å². The van der Waals surface area contributed by atoms with Gasteiger partial charge in [0.25, 0.3) is 0 Å². The van der Waals surface area contributed by atoms with E-state index in [1.54, 1.807) is 0 Å². The van der Waals surface area contributed by atoms with Gasteiger partial charge in [-0.2, -0.15) is 13.2 Å². The van der Waals surface area contributed by atoms with E-state index in [-0.39, 0.29) is 12.1 Å². The number of nitrogens with zero attached hydrogens (tertiary/aromatic N) is 4. The lowest BCUT2D eigenvalue weighted by atomic mass is 10.1. The van der Waals surface area contributed by atoms with Crippen molar-refractivity contribution >= 4 is 5.96 Å². The van der Waals surface area contributed by atoms with Gasteiger partial charge in [0.2, 0.25) is 0 Å². The Morgan fingerprint density at radius 3 is 2.68 bits per heavy atom. The highest BCUT2D eigenvalue weighted by atomic mass is 19.4. The van der Waals surface area contributed by atoms with Gasteiger partial charge in [0.15, 0.2) is 11.8 Å². The van der Waals surface area contributed by atoms with E-state index in [0.29, 0.717) is 18.6 Å². The first kappa shape index (κ1) is 20.1. The first-order valence-corrected chi connectivity index (χ1v) is 9.09. The molecule has 2 N–H and O–H groups in total. The quantitative estimate of drug-likeness (QED) is 0.472. The fourth-order valence-corrected chi connectivity index (χ4v) is 3.21. The Bertz CT molecular complexity index is 843. The Hall–Kier alpha value is -2.65. The third-order valence-electron chi connectivity index (χ3n) is 4.65. The summed E-state index contributed by atoms with van der Waals surface area (Å²) in [6, 6.07) is 2.63. The lowest BCUT2D eigenvalue weighted by molar-refractivity contribution is -0.138. The van der Waals surface area contributed by atoms with Crippen LogP contribution in [0.4, 0.5) is 17.6 Å². The van der Waals surface area contributed by atoms with Crippen LogP contribution in [0.25, 0.3) is 0 Å². The van der Waals surface area contributed by atoms with E-state index >= 15 is 0 Å². The van der Waals surface area contributed by atoms with Crippen molar-refractivity contribution in [1.29, 1.82) is 0 Å². The van der Waals surface area contributed by atoms with E-state index in [2.05, 4.69) is 30.4 Å². The van der Waals surface area contributed by atoms with Crippen molar-refractivity contribution in [2.45, 2.75) is 51.5 Å². The number of guanidine groups is 1. The first-order chi connectivity index (χ1) is 13.4. The van der Waals surface area contributed by atoms with Crippen LogP contribution in [0.1, 0.15) is 42.0 Å². The zero-order valence-corrected chi connectivity index (χ0v) is 15.5. The summed E-state index contributed by atoms with van der Waals surface area (Å²) in [5, 5.41) is 14.3. The molecule has 0 unspecified atom stereocenters. The molecular weight excluding hydrogens is 376 g/mol. The molecule has 0 amide bonds. The molecule has 1 aromatic carbocycles. The molecule has 2 aromatic rings. The third kappa shape index (κ3) is 4.79. The number of aliphatic imine (C=N–C) groups is 1. The molecule has 0 atom stereocenters. The predicted molar refractivity (Wildman–Crippen MR) is 96.0 cm³/mol. The minimum Gasteiger partial charge on any atom is -0.352 e. The molecule has 0 saturated heterocycles. The van der Waals surface area contributed by atoms with E-state index in [1.807, 2.05) is 0 Å². The van der Waals surface area contributed by atoms with Crippen LogP contribution in [0.3, 0.4) is 0 Å². The molecule has 0 saturated carbocycles.